The number of rotatable bonds is 4. The standard InChI is InChI=1S/C17H18N4O3/c22-11-3-4-13(14(23)8-11)16-17(19-9-12-2-1-7-24-12)21-6-5-18-10-15(21)20-16/h3-6,8,10,12,19,22-23H,1-2,7,9H2/t12-/m0/s1. The summed E-state index contributed by atoms with van der Waals surface area (Å²) in [6.45, 7) is 1.47. The van der Waals surface area contributed by atoms with E-state index in [1.54, 1.807) is 18.5 Å². The van der Waals surface area contributed by atoms with E-state index in [-0.39, 0.29) is 17.6 Å². The fourth-order valence-electron chi connectivity index (χ4n) is 3.00. The molecule has 0 saturated carbocycles. The summed E-state index contributed by atoms with van der Waals surface area (Å²) in [7, 11) is 0. The van der Waals surface area contributed by atoms with Crippen LogP contribution in [0.1, 0.15) is 12.8 Å². The molecule has 3 aromatic rings. The van der Waals surface area contributed by atoms with E-state index in [0.717, 1.165) is 25.3 Å². The molecular formula is C17H18N4O3. The Morgan fingerprint density at radius 2 is 2.25 bits per heavy atom. The monoisotopic (exact) mass is 326 g/mol. The van der Waals surface area contributed by atoms with Crippen molar-refractivity contribution in [3.05, 3.63) is 36.8 Å². The predicted molar refractivity (Wildman–Crippen MR) is 89.2 cm³/mol. The van der Waals surface area contributed by atoms with Crippen molar-refractivity contribution in [2.75, 3.05) is 18.5 Å². The van der Waals surface area contributed by atoms with Crippen LogP contribution in [0, 0.1) is 0 Å². The number of imidazole rings is 1. The average Bonchev–Trinajstić information content (AvgIpc) is 3.20. The van der Waals surface area contributed by atoms with Crippen LogP contribution in [0.25, 0.3) is 16.9 Å². The Balaban J connectivity index is 1.77. The molecule has 1 fully saturated rings. The normalized spacial score (nSPS) is 17.4. The quantitative estimate of drug-likeness (QED) is 0.682. The Labute approximate surface area is 138 Å². The zero-order valence-corrected chi connectivity index (χ0v) is 13.0. The second kappa shape index (κ2) is 6.01. The van der Waals surface area contributed by atoms with E-state index in [1.807, 2.05) is 10.6 Å². The number of ether oxygens (including phenoxy) is 1. The van der Waals surface area contributed by atoms with E-state index in [2.05, 4.69) is 15.3 Å². The third-order valence-electron chi connectivity index (χ3n) is 4.19. The molecule has 2 aromatic heterocycles. The summed E-state index contributed by atoms with van der Waals surface area (Å²) >= 11 is 0. The summed E-state index contributed by atoms with van der Waals surface area (Å²) in [5.41, 5.74) is 1.83. The fourth-order valence-corrected chi connectivity index (χ4v) is 3.00. The van der Waals surface area contributed by atoms with E-state index < -0.39 is 0 Å². The number of hydrogen-bond acceptors (Lipinski definition) is 6. The molecule has 1 aromatic carbocycles. The first-order chi connectivity index (χ1) is 11.7. The number of benzene rings is 1. The summed E-state index contributed by atoms with van der Waals surface area (Å²) < 4.78 is 7.55. The van der Waals surface area contributed by atoms with Gasteiger partial charge in [0.05, 0.1) is 12.3 Å². The lowest BCUT2D eigenvalue weighted by molar-refractivity contribution is 0.120. The van der Waals surface area contributed by atoms with Gasteiger partial charge in [0.15, 0.2) is 5.65 Å². The number of aromatic hydroxyl groups is 2. The molecule has 1 aliphatic rings. The largest absolute Gasteiger partial charge is 0.508 e. The summed E-state index contributed by atoms with van der Waals surface area (Å²) in [6, 6.07) is 4.49. The van der Waals surface area contributed by atoms with E-state index >= 15 is 0 Å². The summed E-state index contributed by atoms with van der Waals surface area (Å²) in [6.07, 6.45) is 7.46. The molecule has 3 N–H and O–H groups in total. The van der Waals surface area contributed by atoms with Gasteiger partial charge in [-0.2, -0.15) is 0 Å². The Morgan fingerprint density at radius 3 is 3.04 bits per heavy atom. The molecule has 1 aliphatic heterocycles. The molecule has 0 unspecified atom stereocenters. The lowest BCUT2D eigenvalue weighted by Gasteiger charge is -2.13. The van der Waals surface area contributed by atoms with Gasteiger partial charge in [-0.1, -0.05) is 0 Å². The molecule has 0 spiro atoms. The zero-order valence-electron chi connectivity index (χ0n) is 13.0. The lowest BCUT2D eigenvalue weighted by atomic mass is 10.1. The van der Waals surface area contributed by atoms with Gasteiger partial charge in [-0.25, -0.2) is 4.98 Å². The first-order valence-corrected chi connectivity index (χ1v) is 7.92. The topological polar surface area (TPSA) is 91.9 Å². The van der Waals surface area contributed by atoms with Crippen LogP contribution >= 0.6 is 0 Å². The minimum absolute atomic E-state index is 0.00976. The van der Waals surface area contributed by atoms with Crippen molar-refractivity contribution in [1.82, 2.24) is 14.4 Å². The number of phenols is 2. The third kappa shape index (κ3) is 2.63. The minimum atomic E-state index is -0.0217. The van der Waals surface area contributed by atoms with Crippen molar-refractivity contribution in [3.63, 3.8) is 0 Å². The number of hydrogen-bond donors (Lipinski definition) is 3. The van der Waals surface area contributed by atoms with Crippen molar-refractivity contribution in [3.8, 4) is 22.8 Å². The Bertz CT molecular complexity index is 871. The molecule has 124 valence electrons. The SMILES string of the molecule is Oc1ccc(-c2nc3cnccn3c2NC[C@@H]2CCCO2)c(O)c1. The van der Waals surface area contributed by atoms with Gasteiger partial charge in [0, 0.05) is 37.2 Å². The predicted octanol–water partition coefficient (Wildman–Crippen LogP) is 2.40. The first kappa shape index (κ1) is 14.8. The highest BCUT2D eigenvalue weighted by Gasteiger charge is 2.20. The van der Waals surface area contributed by atoms with E-state index in [1.165, 1.54) is 12.1 Å². The van der Waals surface area contributed by atoms with Crippen molar-refractivity contribution in [2.24, 2.45) is 0 Å². The van der Waals surface area contributed by atoms with Crippen LogP contribution in [0.4, 0.5) is 5.82 Å². The summed E-state index contributed by atoms with van der Waals surface area (Å²) in [5, 5.41) is 23.1. The van der Waals surface area contributed by atoms with Crippen molar-refractivity contribution >= 4 is 11.5 Å². The van der Waals surface area contributed by atoms with Gasteiger partial charge >= 0.3 is 0 Å². The van der Waals surface area contributed by atoms with Gasteiger partial charge in [-0.15, -0.1) is 0 Å². The molecule has 1 atom stereocenters. The summed E-state index contributed by atoms with van der Waals surface area (Å²) in [4.78, 5) is 8.67. The molecular weight excluding hydrogens is 308 g/mol. The number of phenolic OH excluding ortho intramolecular Hbond substituents is 2. The molecule has 1 saturated heterocycles. The van der Waals surface area contributed by atoms with Crippen LogP contribution in [0.5, 0.6) is 11.5 Å². The van der Waals surface area contributed by atoms with E-state index in [0.29, 0.717) is 23.4 Å². The number of nitrogens with zero attached hydrogens (tertiary/aromatic N) is 3. The maximum Gasteiger partial charge on any atom is 0.157 e. The van der Waals surface area contributed by atoms with Crippen molar-refractivity contribution in [1.29, 1.82) is 0 Å². The van der Waals surface area contributed by atoms with Crippen molar-refractivity contribution in [2.45, 2.75) is 18.9 Å². The van der Waals surface area contributed by atoms with Gasteiger partial charge in [-0.05, 0) is 25.0 Å². The Kier molecular flexibility index (Phi) is 3.70. The maximum atomic E-state index is 10.2. The smallest absolute Gasteiger partial charge is 0.157 e. The van der Waals surface area contributed by atoms with Crippen molar-refractivity contribution < 1.29 is 14.9 Å². The van der Waals surface area contributed by atoms with Gasteiger partial charge < -0.3 is 20.3 Å². The Hall–Kier alpha value is -2.80. The molecule has 4 rings (SSSR count). The highest BCUT2D eigenvalue weighted by atomic mass is 16.5. The highest BCUT2D eigenvalue weighted by Crippen LogP contribution is 2.36. The van der Waals surface area contributed by atoms with Crippen LogP contribution < -0.4 is 5.32 Å². The number of fused-ring (bicyclic) bond motifs is 1. The molecule has 0 bridgehead atoms. The number of anilines is 1. The van der Waals surface area contributed by atoms with Gasteiger partial charge in [0.25, 0.3) is 0 Å². The van der Waals surface area contributed by atoms with E-state index in [9.17, 15) is 10.2 Å². The molecule has 0 aliphatic carbocycles. The summed E-state index contributed by atoms with van der Waals surface area (Å²) in [5.74, 6) is 0.756. The van der Waals surface area contributed by atoms with Crippen LogP contribution in [-0.2, 0) is 4.74 Å². The molecule has 7 nitrogen and oxygen atoms in total. The highest BCUT2D eigenvalue weighted by molar-refractivity contribution is 5.80. The molecule has 7 heteroatoms. The second-order valence-electron chi connectivity index (χ2n) is 5.83. The van der Waals surface area contributed by atoms with Gasteiger partial charge in [0.2, 0.25) is 0 Å². The second-order valence-corrected chi connectivity index (χ2v) is 5.83. The molecule has 0 amide bonds. The van der Waals surface area contributed by atoms with Crippen LogP contribution in [0.3, 0.4) is 0 Å². The molecule has 24 heavy (non-hydrogen) atoms. The maximum absolute atomic E-state index is 10.2. The lowest BCUT2D eigenvalue weighted by Crippen LogP contribution is -2.19. The molecule has 3 heterocycles. The van der Waals surface area contributed by atoms with E-state index in [4.69, 9.17) is 4.74 Å². The third-order valence-corrected chi connectivity index (χ3v) is 4.19. The number of aromatic nitrogens is 3. The zero-order chi connectivity index (χ0) is 16.5. The first-order valence-electron chi connectivity index (χ1n) is 7.92. The van der Waals surface area contributed by atoms with Gasteiger partial charge in [0.1, 0.15) is 23.0 Å². The number of nitrogens with one attached hydrogen (secondary N) is 1. The van der Waals surface area contributed by atoms with Crippen LogP contribution in [0.15, 0.2) is 36.8 Å². The fraction of sp³-hybridized carbons (Fsp3) is 0.294. The Morgan fingerprint density at radius 1 is 1.33 bits per heavy atom. The molecule has 0 radical (unpaired) electrons. The van der Waals surface area contributed by atoms with Crippen LogP contribution in [-0.4, -0.2) is 43.8 Å². The van der Waals surface area contributed by atoms with Gasteiger partial charge in [-0.3, -0.25) is 9.38 Å². The average molecular weight is 326 g/mol. The minimum Gasteiger partial charge on any atom is -0.508 e. The van der Waals surface area contributed by atoms with Crippen LogP contribution in [0.2, 0.25) is 0 Å².